The largest absolute Gasteiger partial charge is 0.493 e. The summed E-state index contributed by atoms with van der Waals surface area (Å²) in [7, 11) is -0.576. The van der Waals surface area contributed by atoms with Crippen molar-refractivity contribution in [3.63, 3.8) is 0 Å². The van der Waals surface area contributed by atoms with E-state index in [-0.39, 0.29) is 10.8 Å². The van der Waals surface area contributed by atoms with Crippen LogP contribution in [0.4, 0.5) is 5.69 Å². The fraction of sp³-hybridized carbons (Fsp3) is 0.350. The van der Waals surface area contributed by atoms with Gasteiger partial charge in [0.1, 0.15) is 0 Å². The summed E-state index contributed by atoms with van der Waals surface area (Å²) in [6.45, 7) is 2.16. The second-order valence-electron chi connectivity index (χ2n) is 6.87. The highest BCUT2D eigenvalue weighted by molar-refractivity contribution is 7.89. The Balaban J connectivity index is 1.58. The third kappa shape index (κ3) is 5.26. The molecule has 0 spiro atoms. The molecule has 0 aliphatic carbocycles. The second-order valence-corrected chi connectivity index (χ2v) is 8.43. The van der Waals surface area contributed by atoms with Crippen molar-refractivity contribution in [1.29, 1.82) is 0 Å². The molecule has 1 amide bonds. The number of benzene rings is 2. The number of carbonyl (C=O) groups is 1. The molecule has 0 saturated heterocycles. The summed E-state index contributed by atoms with van der Waals surface area (Å²) >= 11 is 0. The minimum absolute atomic E-state index is 0.0349. The minimum Gasteiger partial charge on any atom is -0.493 e. The van der Waals surface area contributed by atoms with Crippen LogP contribution >= 0.6 is 0 Å². The van der Waals surface area contributed by atoms with Crippen molar-refractivity contribution in [2.75, 3.05) is 32.6 Å². The summed E-state index contributed by atoms with van der Waals surface area (Å²) < 4.78 is 33.6. The number of sulfonamides is 1. The molecule has 0 atom stereocenters. The predicted molar refractivity (Wildman–Crippen MR) is 110 cm³/mol. The monoisotopic (exact) mass is 419 g/mol. The lowest BCUT2D eigenvalue weighted by Crippen LogP contribution is -2.33. The average molecular weight is 420 g/mol. The van der Waals surface area contributed by atoms with Crippen LogP contribution < -0.4 is 19.9 Å². The SMILES string of the molecule is COc1cc2c(cc1OC)CN(CCC(=O)Nc1cccc(S(N)(=O)=O)c1)CC2. The number of nitrogens with one attached hydrogen (secondary N) is 1. The smallest absolute Gasteiger partial charge is 0.238 e. The van der Waals surface area contributed by atoms with Crippen LogP contribution in [0.2, 0.25) is 0 Å². The first kappa shape index (κ1) is 21.1. The molecule has 1 aliphatic heterocycles. The van der Waals surface area contributed by atoms with Crippen molar-refractivity contribution in [2.45, 2.75) is 24.3 Å². The lowest BCUT2D eigenvalue weighted by atomic mass is 9.98. The van der Waals surface area contributed by atoms with Crippen LogP contribution in [0.25, 0.3) is 0 Å². The molecule has 0 bridgehead atoms. The summed E-state index contributed by atoms with van der Waals surface area (Å²) in [5.41, 5.74) is 2.79. The minimum atomic E-state index is -3.81. The lowest BCUT2D eigenvalue weighted by molar-refractivity contribution is -0.116. The summed E-state index contributed by atoms with van der Waals surface area (Å²) in [5, 5.41) is 7.85. The van der Waals surface area contributed by atoms with E-state index in [1.807, 2.05) is 12.1 Å². The van der Waals surface area contributed by atoms with Gasteiger partial charge in [-0.05, 0) is 47.9 Å². The molecule has 9 heteroatoms. The lowest BCUT2D eigenvalue weighted by Gasteiger charge is -2.29. The number of primary sulfonamides is 1. The number of anilines is 1. The van der Waals surface area contributed by atoms with Crippen molar-refractivity contribution in [1.82, 2.24) is 4.90 Å². The number of rotatable bonds is 7. The van der Waals surface area contributed by atoms with E-state index in [4.69, 9.17) is 14.6 Å². The van der Waals surface area contributed by atoms with Crippen LogP contribution in [-0.4, -0.2) is 46.5 Å². The predicted octanol–water partition coefficient (Wildman–Crippen LogP) is 1.74. The van der Waals surface area contributed by atoms with Gasteiger partial charge >= 0.3 is 0 Å². The molecule has 2 aromatic rings. The van der Waals surface area contributed by atoms with E-state index in [1.54, 1.807) is 26.4 Å². The molecule has 0 unspecified atom stereocenters. The Hall–Kier alpha value is -2.62. The van der Waals surface area contributed by atoms with Crippen LogP contribution in [0.3, 0.4) is 0 Å². The molecule has 156 valence electrons. The molecule has 3 rings (SSSR count). The first-order chi connectivity index (χ1) is 13.8. The Morgan fingerprint density at radius 1 is 1.14 bits per heavy atom. The average Bonchev–Trinajstić information content (AvgIpc) is 2.70. The molecule has 0 saturated carbocycles. The first-order valence-corrected chi connectivity index (χ1v) is 10.7. The molecule has 29 heavy (non-hydrogen) atoms. The van der Waals surface area contributed by atoms with E-state index in [9.17, 15) is 13.2 Å². The Kier molecular flexibility index (Phi) is 6.41. The Bertz CT molecular complexity index is 1010. The number of hydrogen-bond acceptors (Lipinski definition) is 6. The fourth-order valence-electron chi connectivity index (χ4n) is 3.37. The maximum Gasteiger partial charge on any atom is 0.238 e. The molecule has 0 aromatic heterocycles. The zero-order valence-corrected chi connectivity index (χ0v) is 17.3. The number of methoxy groups -OCH3 is 2. The van der Waals surface area contributed by atoms with E-state index in [0.29, 0.717) is 24.4 Å². The maximum atomic E-state index is 12.3. The van der Waals surface area contributed by atoms with Gasteiger partial charge in [0.2, 0.25) is 15.9 Å². The van der Waals surface area contributed by atoms with Gasteiger partial charge in [-0.15, -0.1) is 0 Å². The highest BCUT2D eigenvalue weighted by Gasteiger charge is 2.20. The third-order valence-corrected chi connectivity index (χ3v) is 5.81. The van der Waals surface area contributed by atoms with Crippen molar-refractivity contribution < 1.29 is 22.7 Å². The van der Waals surface area contributed by atoms with Crippen molar-refractivity contribution in [2.24, 2.45) is 5.14 Å². The van der Waals surface area contributed by atoms with E-state index in [2.05, 4.69) is 10.2 Å². The fourth-order valence-corrected chi connectivity index (χ4v) is 3.93. The van der Waals surface area contributed by atoms with Gasteiger partial charge in [-0.3, -0.25) is 9.69 Å². The first-order valence-electron chi connectivity index (χ1n) is 9.19. The molecular weight excluding hydrogens is 394 g/mol. The zero-order valence-electron chi connectivity index (χ0n) is 16.5. The normalized spacial score (nSPS) is 14.2. The van der Waals surface area contributed by atoms with E-state index in [1.165, 1.54) is 17.7 Å². The maximum absolute atomic E-state index is 12.3. The van der Waals surface area contributed by atoms with E-state index >= 15 is 0 Å². The van der Waals surface area contributed by atoms with Crippen molar-refractivity contribution >= 4 is 21.6 Å². The summed E-state index contributed by atoms with van der Waals surface area (Å²) in [5.74, 6) is 1.23. The van der Waals surface area contributed by atoms with Gasteiger partial charge in [-0.1, -0.05) is 6.07 Å². The highest BCUT2D eigenvalue weighted by Crippen LogP contribution is 2.33. The number of amides is 1. The molecule has 0 radical (unpaired) electrons. The Morgan fingerprint density at radius 3 is 2.48 bits per heavy atom. The van der Waals surface area contributed by atoms with Crippen LogP contribution in [0.5, 0.6) is 11.5 Å². The summed E-state index contributed by atoms with van der Waals surface area (Å²) in [6, 6.07) is 9.90. The highest BCUT2D eigenvalue weighted by atomic mass is 32.2. The summed E-state index contributed by atoms with van der Waals surface area (Å²) in [4.78, 5) is 14.5. The molecule has 8 nitrogen and oxygen atoms in total. The van der Waals surface area contributed by atoms with Crippen LogP contribution in [0.1, 0.15) is 17.5 Å². The quantitative estimate of drug-likeness (QED) is 0.707. The Labute approximate surface area is 170 Å². The number of carbonyl (C=O) groups excluding carboxylic acids is 1. The van der Waals surface area contributed by atoms with Crippen LogP contribution in [0.15, 0.2) is 41.3 Å². The molecule has 1 aliphatic rings. The molecule has 2 aromatic carbocycles. The second kappa shape index (κ2) is 8.81. The molecule has 3 N–H and O–H groups in total. The van der Waals surface area contributed by atoms with Crippen LogP contribution in [-0.2, 0) is 27.8 Å². The standard InChI is InChI=1S/C20H25N3O5S/c1-27-18-10-14-6-8-23(13-15(14)11-19(18)28-2)9-7-20(24)22-16-4-3-5-17(12-16)29(21,25)26/h3-5,10-12H,6-9,13H2,1-2H3,(H,22,24)(H2,21,25,26). The van der Waals surface area contributed by atoms with Gasteiger partial charge in [-0.2, -0.15) is 0 Å². The van der Waals surface area contributed by atoms with Gasteiger partial charge in [0, 0.05) is 31.7 Å². The van der Waals surface area contributed by atoms with Crippen molar-refractivity contribution in [3.05, 3.63) is 47.5 Å². The van der Waals surface area contributed by atoms with Gasteiger partial charge in [-0.25, -0.2) is 13.6 Å². The number of nitrogens with two attached hydrogens (primary N) is 1. The van der Waals surface area contributed by atoms with Gasteiger partial charge in [0.15, 0.2) is 11.5 Å². The number of nitrogens with zero attached hydrogens (tertiary/aromatic N) is 1. The third-order valence-electron chi connectivity index (χ3n) is 4.90. The molecular formula is C20H25N3O5S. The van der Waals surface area contributed by atoms with Crippen LogP contribution in [0, 0.1) is 0 Å². The van der Waals surface area contributed by atoms with Gasteiger partial charge < -0.3 is 14.8 Å². The zero-order chi connectivity index (χ0) is 21.0. The summed E-state index contributed by atoms with van der Waals surface area (Å²) in [6.07, 6.45) is 1.16. The van der Waals surface area contributed by atoms with Gasteiger partial charge in [0.05, 0.1) is 19.1 Å². The number of fused-ring (bicyclic) bond motifs is 1. The molecule has 1 heterocycles. The topological polar surface area (TPSA) is 111 Å². The van der Waals surface area contributed by atoms with E-state index < -0.39 is 10.0 Å². The number of ether oxygens (including phenoxy) is 2. The van der Waals surface area contributed by atoms with E-state index in [0.717, 1.165) is 30.8 Å². The number of hydrogen-bond donors (Lipinski definition) is 2. The van der Waals surface area contributed by atoms with Gasteiger partial charge in [0.25, 0.3) is 0 Å². The Morgan fingerprint density at radius 2 is 1.83 bits per heavy atom. The van der Waals surface area contributed by atoms with Crippen molar-refractivity contribution in [3.8, 4) is 11.5 Å². The molecule has 0 fully saturated rings.